The first-order chi connectivity index (χ1) is 19.4. The molecule has 9 nitrogen and oxygen atoms in total. The number of fused-ring (bicyclic) bond motifs is 1. The number of anilines is 1. The van der Waals surface area contributed by atoms with E-state index in [0.717, 1.165) is 30.4 Å². The average molecular weight is 564 g/mol. The molecule has 10 heteroatoms. The number of benzene rings is 2. The fourth-order valence-corrected chi connectivity index (χ4v) is 5.46. The molecule has 0 aliphatic carbocycles. The molecule has 1 fully saturated rings. The molecule has 2 aliphatic rings. The topological polar surface area (TPSA) is 108 Å². The van der Waals surface area contributed by atoms with E-state index in [1.54, 1.807) is 29.1 Å². The fourth-order valence-electron chi connectivity index (χ4n) is 5.26. The number of hydrogen-bond acceptors (Lipinski definition) is 7. The van der Waals surface area contributed by atoms with Crippen molar-refractivity contribution in [2.75, 3.05) is 45.3 Å². The highest BCUT2D eigenvalue weighted by molar-refractivity contribution is 6.33. The zero-order chi connectivity index (χ0) is 28.1. The van der Waals surface area contributed by atoms with E-state index in [-0.39, 0.29) is 37.0 Å². The standard InChI is InChI=1S/C30H34ClN5O4/c1-35(13-9-20-5-3-2-4-6-20)27(38)19-36-26(10-14-37)23-8-7-21(17-24(23)29(36)39)28-25(31)18-32-30(34-28)33-22-11-15-40-16-12-22/h2-8,17-18,22,26,37H,9-16,19H2,1H3,(H,32,33,34). The van der Waals surface area contributed by atoms with Gasteiger partial charge < -0.3 is 25.0 Å². The molecule has 1 atom stereocenters. The highest BCUT2D eigenvalue weighted by atomic mass is 35.5. The molecule has 3 heterocycles. The summed E-state index contributed by atoms with van der Waals surface area (Å²) in [6.07, 6.45) is 4.37. The Kier molecular flexibility index (Phi) is 8.94. The highest BCUT2D eigenvalue weighted by Gasteiger charge is 2.38. The van der Waals surface area contributed by atoms with Gasteiger partial charge in [0.1, 0.15) is 6.54 Å². The summed E-state index contributed by atoms with van der Waals surface area (Å²) in [5.41, 5.74) is 3.63. The van der Waals surface area contributed by atoms with E-state index >= 15 is 0 Å². The second-order valence-corrected chi connectivity index (χ2v) is 10.6. The van der Waals surface area contributed by atoms with Crippen molar-refractivity contribution >= 4 is 29.4 Å². The Morgan fingerprint density at radius 2 is 1.98 bits per heavy atom. The lowest BCUT2D eigenvalue weighted by molar-refractivity contribution is -0.131. The van der Waals surface area contributed by atoms with Crippen LogP contribution in [-0.4, -0.2) is 82.7 Å². The van der Waals surface area contributed by atoms with Crippen LogP contribution in [0.1, 0.15) is 46.8 Å². The van der Waals surface area contributed by atoms with Crippen molar-refractivity contribution < 1.29 is 19.4 Å². The Bertz CT molecular complexity index is 1350. The van der Waals surface area contributed by atoms with Crippen LogP contribution in [0.3, 0.4) is 0 Å². The van der Waals surface area contributed by atoms with E-state index in [2.05, 4.69) is 15.3 Å². The number of rotatable bonds is 10. The van der Waals surface area contributed by atoms with Gasteiger partial charge in [0.2, 0.25) is 11.9 Å². The third kappa shape index (κ3) is 6.27. The van der Waals surface area contributed by atoms with Gasteiger partial charge in [-0.2, -0.15) is 0 Å². The van der Waals surface area contributed by atoms with Crippen LogP contribution in [0.2, 0.25) is 5.02 Å². The zero-order valence-corrected chi connectivity index (χ0v) is 23.3. The van der Waals surface area contributed by atoms with Crippen LogP contribution in [0.15, 0.2) is 54.7 Å². The number of carbonyl (C=O) groups excluding carboxylic acids is 2. The van der Waals surface area contributed by atoms with Gasteiger partial charge in [0, 0.05) is 50.6 Å². The lowest BCUT2D eigenvalue weighted by atomic mass is 9.99. The van der Waals surface area contributed by atoms with Gasteiger partial charge in [0.05, 0.1) is 23.0 Å². The lowest BCUT2D eigenvalue weighted by Crippen LogP contribution is -2.41. The Morgan fingerprint density at radius 3 is 2.73 bits per heavy atom. The van der Waals surface area contributed by atoms with E-state index in [0.29, 0.717) is 54.0 Å². The Hall–Kier alpha value is -3.53. The third-order valence-corrected chi connectivity index (χ3v) is 7.84. The monoisotopic (exact) mass is 563 g/mol. The van der Waals surface area contributed by atoms with E-state index in [4.69, 9.17) is 16.3 Å². The third-order valence-electron chi connectivity index (χ3n) is 7.56. The number of carbonyl (C=O) groups is 2. The van der Waals surface area contributed by atoms with Crippen molar-refractivity contribution in [3.63, 3.8) is 0 Å². The maximum atomic E-state index is 13.6. The number of hydrogen-bond donors (Lipinski definition) is 2. The maximum Gasteiger partial charge on any atom is 0.255 e. The first-order valence-corrected chi connectivity index (χ1v) is 14.0. The summed E-state index contributed by atoms with van der Waals surface area (Å²) in [5.74, 6) is 0.0795. The summed E-state index contributed by atoms with van der Waals surface area (Å²) in [7, 11) is 1.75. The first-order valence-electron chi connectivity index (χ1n) is 13.7. The molecule has 40 heavy (non-hydrogen) atoms. The van der Waals surface area contributed by atoms with Crippen LogP contribution >= 0.6 is 11.6 Å². The normalized spacial score (nSPS) is 17.1. The number of nitrogens with one attached hydrogen (secondary N) is 1. The molecule has 2 aliphatic heterocycles. The molecule has 0 saturated carbocycles. The highest BCUT2D eigenvalue weighted by Crippen LogP contribution is 2.38. The molecule has 1 unspecified atom stereocenters. The number of ether oxygens (including phenoxy) is 1. The Morgan fingerprint density at radius 1 is 1.20 bits per heavy atom. The van der Waals surface area contributed by atoms with Gasteiger partial charge in [-0.3, -0.25) is 9.59 Å². The van der Waals surface area contributed by atoms with Crippen LogP contribution < -0.4 is 5.32 Å². The van der Waals surface area contributed by atoms with Gasteiger partial charge in [-0.25, -0.2) is 9.97 Å². The van der Waals surface area contributed by atoms with E-state index in [1.807, 2.05) is 42.5 Å². The van der Waals surface area contributed by atoms with Gasteiger partial charge in [0.25, 0.3) is 5.91 Å². The average Bonchev–Trinajstić information content (AvgIpc) is 3.23. The number of aliphatic hydroxyl groups is 1. The molecule has 2 aromatic carbocycles. The number of aliphatic hydroxyl groups excluding tert-OH is 1. The summed E-state index contributed by atoms with van der Waals surface area (Å²) in [4.78, 5) is 38.9. The van der Waals surface area contributed by atoms with Crippen LogP contribution in [0, 0.1) is 0 Å². The number of nitrogens with zero attached hydrogens (tertiary/aromatic N) is 4. The second-order valence-electron chi connectivity index (χ2n) is 10.2. The van der Waals surface area contributed by atoms with Crippen molar-refractivity contribution in [1.29, 1.82) is 0 Å². The van der Waals surface area contributed by atoms with Crippen LogP contribution in [0.4, 0.5) is 5.95 Å². The van der Waals surface area contributed by atoms with Crippen LogP contribution in [0.25, 0.3) is 11.3 Å². The summed E-state index contributed by atoms with van der Waals surface area (Å²) in [5, 5.41) is 13.5. The maximum absolute atomic E-state index is 13.6. The molecule has 1 saturated heterocycles. The van der Waals surface area contributed by atoms with E-state index in [9.17, 15) is 14.7 Å². The fraction of sp³-hybridized carbons (Fsp3) is 0.400. The molecule has 0 spiro atoms. The first kappa shape index (κ1) is 28.0. The van der Waals surface area contributed by atoms with Crippen molar-refractivity contribution in [1.82, 2.24) is 19.8 Å². The molecular weight excluding hydrogens is 530 g/mol. The molecular formula is C30H34ClN5O4. The number of likely N-dealkylation sites (N-methyl/N-ethyl adjacent to an activating group) is 1. The Balaban J connectivity index is 1.33. The number of aromatic nitrogens is 2. The lowest BCUT2D eigenvalue weighted by Gasteiger charge is -2.27. The Labute approximate surface area is 239 Å². The van der Waals surface area contributed by atoms with Crippen LogP contribution in [-0.2, 0) is 16.0 Å². The molecule has 1 aromatic heterocycles. The quantitative estimate of drug-likeness (QED) is 0.384. The number of amides is 2. The van der Waals surface area contributed by atoms with Crippen LogP contribution in [0.5, 0.6) is 0 Å². The predicted molar refractivity (Wildman–Crippen MR) is 153 cm³/mol. The minimum atomic E-state index is -0.389. The van der Waals surface area contributed by atoms with Gasteiger partial charge in [0.15, 0.2) is 0 Å². The molecule has 2 N–H and O–H groups in total. The summed E-state index contributed by atoms with van der Waals surface area (Å²) >= 11 is 6.49. The van der Waals surface area contributed by atoms with Crippen molar-refractivity contribution in [2.45, 2.75) is 37.8 Å². The van der Waals surface area contributed by atoms with Gasteiger partial charge >= 0.3 is 0 Å². The minimum absolute atomic E-state index is 0.0633. The molecule has 210 valence electrons. The van der Waals surface area contributed by atoms with Crippen molar-refractivity contribution in [2.24, 2.45) is 0 Å². The summed E-state index contributed by atoms with van der Waals surface area (Å²) < 4.78 is 5.43. The molecule has 2 amide bonds. The summed E-state index contributed by atoms with van der Waals surface area (Å²) in [6.45, 7) is 1.77. The smallest absolute Gasteiger partial charge is 0.255 e. The van der Waals surface area contributed by atoms with Gasteiger partial charge in [-0.05, 0) is 42.9 Å². The molecule has 5 rings (SSSR count). The minimum Gasteiger partial charge on any atom is -0.396 e. The second kappa shape index (κ2) is 12.8. The number of halogens is 1. The van der Waals surface area contributed by atoms with Gasteiger partial charge in [-0.1, -0.05) is 54.1 Å². The van der Waals surface area contributed by atoms with Crippen molar-refractivity contribution in [3.8, 4) is 11.3 Å². The molecule has 3 aromatic rings. The zero-order valence-electron chi connectivity index (χ0n) is 22.6. The van der Waals surface area contributed by atoms with E-state index in [1.165, 1.54) is 0 Å². The van der Waals surface area contributed by atoms with Gasteiger partial charge in [-0.15, -0.1) is 0 Å². The largest absolute Gasteiger partial charge is 0.396 e. The molecule has 0 bridgehead atoms. The van der Waals surface area contributed by atoms with E-state index < -0.39 is 0 Å². The summed E-state index contributed by atoms with van der Waals surface area (Å²) in [6, 6.07) is 15.3. The van der Waals surface area contributed by atoms with Crippen molar-refractivity contribution in [3.05, 3.63) is 76.4 Å². The SMILES string of the molecule is CN(CCc1ccccc1)C(=O)CN1C(=O)c2cc(-c3nc(NC4CCOCC4)ncc3Cl)ccc2C1CCO. The predicted octanol–water partition coefficient (Wildman–Crippen LogP) is 3.97. The molecule has 0 radical (unpaired) electrons.